The summed E-state index contributed by atoms with van der Waals surface area (Å²) in [6.45, 7) is 5.30. The van der Waals surface area contributed by atoms with Crippen LogP contribution in [0.15, 0.2) is 4.42 Å². The summed E-state index contributed by atoms with van der Waals surface area (Å²) in [5, 5.41) is 12.0. The Hall–Kier alpha value is -0.900. The van der Waals surface area contributed by atoms with Gasteiger partial charge in [-0.2, -0.15) is 0 Å². The van der Waals surface area contributed by atoms with Gasteiger partial charge in [-0.3, -0.25) is 0 Å². The van der Waals surface area contributed by atoms with Gasteiger partial charge in [0.15, 0.2) is 0 Å². The van der Waals surface area contributed by atoms with Gasteiger partial charge in [0.2, 0.25) is 11.8 Å². The molecule has 0 unspecified atom stereocenters. The van der Waals surface area contributed by atoms with Crippen LogP contribution in [0.5, 0.6) is 0 Å². The van der Waals surface area contributed by atoms with Gasteiger partial charge < -0.3 is 9.73 Å². The normalized spacial score (nSPS) is 22.3. The van der Waals surface area contributed by atoms with Crippen LogP contribution in [0.4, 0.5) is 0 Å². The van der Waals surface area contributed by atoms with Gasteiger partial charge in [0.05, 0.1) is 6.54 Å². The third-order valence-electron chi connectivity index (χ3n) is 4.40. The van der Waals surface area contributed by atoms with Crippen molar-refractivity contribution in [3.05, 3.63) is 11.8 Å². The quantitative estimate of drug-likeness (QED) is 0.856. The largest absolute Gasteiger partial charge is 0.423 e. The second-order valence-corrected chi connectivity index (χ2v) is 6.74. The van der Waals surface area contributed by atoms with E-state index in [1.807, 2.05) is 0 Å². The van der Waals surface area contributed by atoms with Crippen molar-refractivity contribution in [3.8, 4) is 0 Å². The first-order chi connectivity index (χ1) is 9.18. The van der Waals surface area contributed by atoms with Crippen molar-refractivity contribution in [2.45, 2.75) is 76.8 Å². The molecule has 0 amide bonds. The maximum Gasteiger partial charge on any atom is 0.230 e. The van der Waals surface area contributed by atoms with Gasteiger partial charge in [-0.25, -0.2) is 0 Å². The summed E-state index contributed by atoms with van der Waals surface area (Å²) in [7, 11) is 0. The molecule has 0 saturated heterocycles. The molecule has 2 aliphatic carbocycles. The Morgan fingerprint density at radius 2 is 2.00 bits per heavy atom. The standard InChI is InChI=1S/C15H25N3O/c1-11(2)9-15(7-3-4-8-15)14-18-17-13(19-14)10-16-12-5-6-12/h11-12,16H,3-10H2,1-2H3. The molecular formula is C15H25N3O. The molecule has 1 N–H and O–H groups in total. The van der Waals surface area contributed by atoms with Crippen LogP contribution in [-0.2, 0) is 12.0 Å². The van der Waals surface area contributed by atoms with E-state index in [0.717, 1.165) is 18.3 Å². The highest BCUT2D eigenvalue weighted by molar-refractivity contribution is 5.07. The number of nitrogens with one attached hydrogen (secondary N) is 1. The fraction of sp³-hybridized carbons (Fsp3) is 0.867. The monoisotopic (exact) mass is 263 g/mol. The van der Waals surface area contributed by atoms with Gasteiger partial charge in [-0.1, -0.05) is 26.7 Å². The summed E-state index contributed by atoms with van der Waals surface area (Å²) < 4.78 is 5.97. The zero-order valence-corrected chi connectivity index (χ0v) is 12.1. The van der Waals surface area contributed by atoms with Gasteiger partial charge >= 0.3 is 0 Å². The van der Waals surface area contributed by atoms with Gasteiger partial charge in [-0.05, 0) is 38.0 Å². The van der Waals surface area contributed by atoms with Crippen molar-refractivity contribution in [2.75, 3.05) is 0 Å². The minimum Gasteiger partial charge on any atom is -0.423 e. The zero-order valence-electron chi connectivity index (χ0n) is 12.1. The van der Waals surface area contributed by atoms with Crippen LogP contribution in [0.25, 0.3) is 0 Å². The molecule has 0 aliphatic heterocycles. The summed E-state index contributed by atoms with van der Waals surface area (Å²) in [6, 6.07) is 0.687. The Labute approximate surface area is 115 Å². The highest BCUT2D eigenvalue weighted by atomic mass is 16.4. The van der Waals surface area contributed by atoms with E-state index < -0.39 is 0 Å². The summed E-state index contributed by atoms with van der Waals surface area (Å²) in [5.74, 6) is 2.33. The molecule has 0 atom stereocenters. The molecule has 2 saturated carbocycles. The van der Waals surface area contributed by atoms with Crippen LogP contribution in [0, 0.1) is 5.92 Å². The topological polar surface area (TPSA) is 51.0 Å². The predicted octanol–water partition coefficient (Wildman–Crippen LogP) is 3.18. The third-order valence-corrected chi connectivity index (χ3v) is 4.40. The fourth-order valence-corrected chi connectivity index (χ4v) is 3.40. The van der Waals surface area contributed by atoms with Crippen molar-refractivity contribution < 1.29 is 4.42 Å². The summed E-state index contributed by atoms with van der Waals surface area (Å²) in [6.07, 6.45) is 8.77. The molecule has 0 aromatic carbocycles. The number of aromatic nitrogens is 2. The Morgan fingerprint density at radius 3 is 2.63 bits per heavy atom. The number of hydrogen-bond donors (Lipinski definition) is 1. The lowest BCUT2D eigenvalue weighted by molar-refractivity contribution is 0.266. The SMILES string of the molecule is CC(C)CC1(c2nnc(CNC3CC3)o2)CCCC1. The third kappa shape index (κ3) is 2.99. The molecule has 19 heavy (non-hydrogen) atoms. The van der Waals surface area contributed by atoms with Gasteiger partial charge in [-0.15, -0.1) is 10.2 Å². The first-order valence-corrected chi connectivity index (χ1v) is 7.74. The molecule has 0 bridgehead atoms. The molecule has 1 heterocycles. The number of hydrogen-bond acceptors (Lipinski definition) is 4. The molecule has 2 fully saturated rings. The highest BCUT2D eigenvalue weighted by Gasteiger charge is 2.40. The maximum atomic E-state index is 5.97. The molecule has 106 valence electrons. The molecule has 3 rings (SSSR count). The van der Waals surface area contributed by atoms with E-state index in [4.69, 9.17) is 4.42 Å². The molecule has 0 spiro atoms. The number of rotatable bonds is 6. The molecular weight excluding hydrogens is 238 g/mol. The zero-order chi connectivity index (χ0) is 13.3. The van der Waals surface area contributed by atoms with E-state index in [9.17, 15) is 0 Å². The van der Waals surface area contributed by atoms with Crippen LogP contribution in [0.1, 0.15) is 70.6 Å². The lowest BCUT2D eigenvalue weighted by Crippen LogP contribution is -2.24. The first-order valence-electron chi connectivity index (χ1n) is 7.74. The number of nitrogens with zero attached hydrogens (tertiary/aromatic N) is 2. The van der Waals surface area contributed by atoms with Crippen molar-refractivity contribution in [1.82, 2.24) is 15.5 Å². The summed E-state index contributed by atoms with van der Waals surface area (Å²) in [4.78, 5) is 0. The predicted molar refractivity (Wildman–Crippen MR) is 73.8 cm³/mol. The van der Waals surface area contributed by atoms with Crippen LogP contribution in [0.2, 0.25) is 0 Å². The van der Waals surface area contributed by atoms with E-state index in [2.05, 4.69) is 29.4 Å². The smallest absolute Gasteiger partial charge is 0.230 e. The van der Waals surface area contributed by atoms with Crippen molar-refractivity contribution in [1.29, 1.82) is 0 Å². The maximum absolute atomic E-state index is 5.97. The molecule has 1 aromatic rings. The van der Waals surface area contributed by atoms with E-state index in [1.54, 1.807) is 0 Å². The Bertz CT molecular complexity index is 417. The molecule has 4 heteroatoms. The fourth-order valence-electron chi connectivity index (χ4n) is 3.40. The van der Waals surface area contributed by atoms with E-state index in [0.29, 0.717) is 12.0 Å². The first kappa shape index (κ1) is 13.1. The van der Waals surface area contributed by atoms with E-state index in [-0.39, 0.29) is 5.41 Å². The molecule has 0 radical (unpaired) electrons. The van der Waals surface area contributed by atoms with Crippen LogP contribution in [0.3, 0.4) is 0 Å². The Kier molecular flexibility index (Phi) is 3.61. The second kappa shape index (κ2) is 5.23. The van der Waals surface area contributed by atoms with Crippen molar-refractivity contribution >= 4 is 0 Å². The average Bonchev–Trinajstić information content (AvgIpc) is 2.88. The average molecular weight is 263 g/mol. The van der Waals surface area contributed by atoms with Gasteiger partial charge in [0, 0.05) is 11.5 Å². The summed E-state index contributed by atoms with van der Waals surface area (Å²) >= 11 is 0. The lowest BCUT2D eigenvalue weighted by Gasteiger charge is -2.26. The van der Waals surface area contributed by atoms with E-state index >= 15 is 0 Å². The Morgan fingerprint density at radius 1 is 1.26 bits per heavy atom. The second-order valence-electron chi connectivity index (χ2n) is 6.74. The van der Waals surface area contributed by atoms with Crippen LogP contribution in [-0.4, -0.2) is 16.2 Å². The summed E-state index contributed by atoms with van der Waals surface area (Å²) in [5.41, 5.74) is 0.166. The van der Waals surface area contributed by atoms with Crippen molar-refractivity contribution in [2.24, 2.45) is 5.92 Å². The minimum absolute atomic E-state index is 0.166. The highest BCUT2D eigenvalue weighted by Crippen LogP contribution is 2.44. The van der Waals surface area contributed by atoms with Gasteiger partial charge in [0.25, 0.3) is 0 Å². The van der Waals surface area contributed by atoms with Crippen molar-refractivity contribution in [3.63, 3.8) is 0 Å². The Balaban J connectivity index is 1.70. The van der Waals surface area contributed by atoms with Crippen LogP contribution < -0.4 is 5.32 Å². The molecule has 2 aliphatic rings. The molecule has 4 nitrogen and oxygen atoms in total. The van der Waals surface area contributed by atoms with E-state index in [1.165, 1.54) is 44.9 Å². The lowest BCUT2D eigenvalue weighted by atomic mass is 9.78. The minimum atomic E-state index is 0.166. The van der Waals surface area contributed by atoms with Crippen LogP contribution >= 0.6 is 0 Å². The van der Waals surface area contributed by atoms with Gasteiger partial charge in [0.1, 0.15) is 0 Å². The molecule has 1 aromatic heterocycles.